The minimum atomic E-state index is -3.79. The fraction of sp³-hybridized carbons (Fsp3) is 0.304. The van der Waals surface area contributed by atoms with Crippen LogP contribution in [0.5, 0.6) is 5.75 Å². The molecule has 0 saturated carbocycles. The van der Waals surface area contributed by atoms with Gasteiger partial charge in [-0.3, -0.25) is 4.79 Å². The molecule has 2 aromatic carbocycles. The van der Waals surface area contributed by atoms with Gasteiger partial charge < -0.3 is 19.5 Å². The summed E-state index contributed by atoms with van der Waals surface area (Å²) < 4.78 is 42.8. The van der Waals surface area contributed by atoms with Crippen LogP contribution in [0, 0.1) is 6.92 Å². The van der Waals surface area contributed by atoms with Crippen molar-refractivity contribution in [3.8, 4) is 5.75 Å². The van der Waals surface area contributed by atoms with Gasteiger partial charge >= 0.3 is 5.97 Å². The first-order valence-electron chi connectivity index (χ1n) is 10.3. The smallest absolute Gasteiger partial charge is 0.331 e. The molecule has 1 fully saturated rings. The number of amides is 1. The van der Waals surface area contributed by atoms with Gasteiger partial charge in [-0.05, 0) is 42.8 Å². The minimum absolute atomic E-state index is 0.0000991. The normalized spacial score (nSPS) is 14.7. The molecule has 0 aliphatic carbocycles. The average Bonchev–Trinajstić information content (AvgIpc) is 2.83. The molecule has 10 heteroatoms. The number of ether oxygens (including phenoxy) is 3. The number of morpholine rings is 1. The Kier molecular flexibility index (Phi) is 8.21. The fourth-order valence-electron chi connectivity index (χ4n) is 3.11. The second kappa shape index (κ2) is 11.1. The van der Waals surface area contributed by atoms with E-state index >= 15 is 0 Å². The Bertz CT molecular complexity index is 1120. The number of carbonyl (C=O) groups excluding carboxylic acids is 2. The summed E-state index contributed by atoms with van der Waals surface area (Å²) in [7, 11) is -2.40. The molecule has 33 heavy (non-hydrogen) atoms. The number of sulfonamides is 1. The van der Waals surface area contributed by atoms with Gasteiger partial charge in [-0.15, -0.1) is 0 Å². The molecule has 0 unspecified atom stereocenters. The van der Waals surface area contributed by atoms with Gasteiger partial charge in [-0.25, -0.2) is 13.2 Å². The van der Waals surface area contributed by atoms with E-state index in [-0.39, 0.29) is 23.7 Å². The molecule has 3 rings (SSSR count). The molecule has 1 saturated heterocycles. The predicted octanol–water partition coefficient (Wildman–Crippen LogP) is 2.22. The molecule has 1 amide bonds. The maximum Gasteiger partial charge on any atom is 0.331 e. The molecule has 1 aliphatic heterocycles. The van der Waals surface area contributed by atoms with Gasteiger partial charge in [-0.2, -0.15) is 4.31 Å². The summed E-state index contributed by atoms with van der Waals surface area (Å²) in [4.78, 5) is 24.0. The molecule has 9 nitrogen and oxygen atoms in total. The summed E-state index contributed by atoms with van der Waals surface area (Å²) in [6.45, 7) is 2.64. The number of rotatable bonds is 8. The van der Waals surface area contributed by atoms with Crippen molar-refractivity contribution in [2.75, 3.05) is 45.3 Å². The lowest BCUT2D eigenvalue weighted by Gasteiger charge is -2.26. The molecular weight excluding hydrogens is 448 g/mol. The van der Waals surface area contributed by atoms with E-state index in [1.807, 2.05) is 19.1 Å². The number of methoxy groups -OCH3 is 1. The fourth-order valence-corrected chi connectivity index (χ4v) is 4.71. The van der Waals surface area contributed by atoms with Crippen molar-refractivity contribution in [3.63, 3.8) is 0 Å². The molecule has 0 bridgehead atoms. The van der Waals surface area contributed by atoms with Gasteiger partial charge in [0, 0.05) is 24.9 Å². The van der Waals surface area contributed by atoms with E-state index in [1.54, 1.807) is 18.2 Å². The van der Waals surface area contributed by atoms with Crippen LogP contribution in [-0.4, -0.2) is 64.6 Å². The maximum absolute atomic E-state index is 13.0. The van der Waals surface area contributed by atoms with E-state index in [9.17, 15) is 18.0 Å². The predicted molar refractivity (Wildman–Crippen MR) is 122 cm³/mol. The van der Waals surface area contributed by atoms with Gasteiger partial charge in [-0.1, -0.05) is 23.8 Å². The van der Waals surface area contributed by atoms with Crippen molar-refractivity contribution in [2.24, 2.45) is 0 Å². The van der Waals surface area contributed by atoms with Crippen LogP contribution in [0.2, 0.25) is 0 Å². The lowest BCUT2D eigenvalue weighted by atomic mass is 10.2. The summed E-state index contributed by atoms with van der Waals surface area (Å²) in [5.41, 5.74) is 2.12. The molecule has 0 radical (unpaired) electrons. The number of hydrogen-bond donors (Lipinski definition) is 1. The Morgan fingerprint density at radius 1 is 1.12 bits per heavy atom. The van der Waals surface area contributed by atoms with E-state index < -0.39 is 28.5 Å². The number of anilines is 1. The van der Waals surface area contributed by atoms with Crippen molar-refractivity contribution in [3.05, 3.63) is 59.7 Å². The van der Waals surface area contributed by atoms with Crippen LogP contribution < -0.4 is 10.1 Å². The SMILES string of the molecule is COc1ccc(C=CC(=O)OCC(=O)Nc2ccc(C)cc2)cc1S(=O)(=O)N1CCOCC1. The highest BCUT2D eigenvalue weighted by molar-refractivity contribution is 7.89. The first kappa shape index (κ1) is 24.4. The molecule has 0 spiro atoms. The number of nitrogens with one attached hydrogen (secondary N) is 1. The van der Waals surface area contributed by atoms with Crippen molar-refractivity contribution < 1.29 is 32.2 Å². The quantitative estimate of drug-likeness (QED) is 0.461. The van der Waals surface area contributed by atoms with Crippen LogP contribution in [0.4, 0.5) is 5.69 Å². The van der Waals surface area contributed by atoms with Crippen LogP contribution in [0.15, 0.2) is 53.4 Å². The van der Waals surface area contributed by atoms with Crippen LogP contribution in [0.1, 0.15) is 11.1 Å². The molecule has 0 aromatic heterocycles. The number of carbonyl (C=O) groups is 2. The zero-order chi connectivity index (χ0) is 23.8. The van der Waals surface area contributed by atoms with Gasteiger partial charge in [0.1, 0.15) is 10.6 Å². The first-order valence-corrected chi connectivity index (χ1v) is 11.7. The highest BCUT2D eigenvalue weighted by Gasteiger charge is 2.29. The summed E-state index contributed by atoms with van der Waals surface area (Å²) in [6, 6.07) is 11.8. The third-order valence-corrected chi connectivity index (χ3v) is 6.79. The Morgan fingerprint density at radius 3 is 2.48 bits per heavy atom. The van der Waals surface area contributed by atoms with E-state index in [1.165, 1.54) is 29.6 Å². The van der Waals surface area contributed by atoms with Crippen LogP contribution >= 0.6 is 0 Å². The topological polar surface area (TPSA) is 111 Å². The van der Waals surface area contributed by atoms with Gasteiger partial charge in [0.25, 0.3) is 5.91 Å². The van der Waals surface area contributed by atoms with E-state index in [2.05, 4.69) is 5.32 Å². The van der Waals surface area contributed by atoms with Gasteiger partial charge in [0.15, 0.2) is 6.61 Å². The number of hydrogen-bond acceptors (Lipinski definition) is 7. The Labute approximate surface area is 193 Å². The van der Waals surface area contributed by atoms with Crippen LogP contribution in [-0.2, 0) is 29.1 Å². The van der Waals surface area contributed by atoms with E-state index in [0.717, 1.165) is 11.6 Å². The molecule has 176 valence electrons. The lowest BCUT2D eigenvalue weighted by Crippen LogP contribution is -2.40. The zero-order valence-electron chi connectivity index (χ0n) is 18.4. The number of nitrogens with zero attached hydrogens (tertiary/aromatic N) is 1. The molecule has 2 aromatic rings. The summed E-state index contributed by atoms with van der Waals surface area (Å²) >= 11 is 0. The second-order valence-corrected chi connectivity index (χ2v) is 9.19. The highest BCUT2D eigenvalue weighted by Crippen LogP contribution is 2.28. The van der Waals surface area contributed by atoms with Crippen LogP contribution in [0.3, 0.4) is 0 Å². The van der Waals surface area contributed by atoms with Gasteiger partial charge in [0.05, 0.1) is 20.3 Å². The average molecular weight is 475 g/mol. The second-order valence-electron chi connectivity index (χ2n) is 7.28. The van der Waals surface area contributed by atoms with Crippen molar-refractivity contribution in [1.29, 1.82) is 0 Å². The first-order chi connectivity index (χ1) is 15.8. The molecule has 1 N–H and O–H groups in total. The largest absolute Gasteiger partial charge is 0.495 e. The van der Waals surface area contributed by atoms with Gasteiger partial charge in [0.2, 0.25) is 10.0 Å². The number of aryl methyl sites for hydroxylation is 1. The summed E-state index contributed by atoms with van der Waals surface area (Å²) in [5.74, 6) is -1.000. The van der Waals surface area contributed by atoms with Crippen molar-refractivity contribution in [2.45, 2.75) is 11.8 Å². The molecule has 1 aliphatic rings. The molecular formula is C23H26N2O7S. The Balaban J connectivity index is 1.63. The van der Waals surface area contributed by atoms with Crippen molar-refractivity contribution in [1.82, 2.24) is 4.31 Å². The lowest BCUT2D eigenvalue weighted by molar-refractivity contribution is -0.142. The van der Waals surface area contributed by atoms with Crippen molar-refractivity contribution >= 4 is 33.7 Å². The molecule has 0 atom stereocenters. The van der Waals surface area contributed by atoms with E-state index in [0.29, 0.717) is 24.5 Å². The minimum Gasteiger partial charge on any atom is -0.495 e. The van der Waals surface area contributed by atoms with E-state index in [4.69, 9.17) is 14.2 Å². The Hall–Kier alpha value is -3.21. The Morgan fingerprint density at radius 2 is 1.82 bits per heavy atom. The standard InChI is InChI=1S/C23H26N2O7S/c1-17-3-7-19(8-4-17)24-22(26)16-32-23(27)10-6-18-5-9-20(30-2)21(15-18)33(28,29)25-11-13-31-14-12-25/h3-10,15H,11-14,16H2,1-2H3,(H,24,26). The van der Waals surface area contributed by atoms with Crippen LogP contribution in [0.25, 0.3) is 6.08 Å². The highest BCUT2D eigenvalue weighted by atomic mass is 32.2. The summed E-state index contributed by atoms with van der Waals surface area (Å²) in [5, 5.41) is 2.63. The third-order valence-electron chi connectivity index (χ3n) is 4.87. The number of esters is 1. The molecule has 1 heterocycles. The monoisotopic (exact) mass is 474 g/mol. The zero-order valence-corrected chi connectivity index (χ0v) is 19.3. The number of benzene rings is 2. The maximum atomic E-state index is 13.0. The summed E-state index contributed by atoms with van der Waals surface area (Å²) in [6.07, 6.45) is 2.55. The third kappa shape index (κ3) is 6.64.